The number of para-hydroxylation sites is 4. The van der Waals surface area contributed by atoms with E-state index in [1.165, 1.54) is 18.2 Å². The number of nitrogens with zero attached hydrogens (tertiary/aromatic N) is 2. The summed E-state index contributed by atoms with van der Waals surface area (Å²) in [5.74, 6) is 0. The number of hydrogen-bond donors (Lipinski definition) is 0. The molecule has 2 heterocycles. The summed E-state index contributed by atoms with van der Waals surface area (Å²) in [4.78, 5) is 0. The lowest BCUT2D eigenvalue weighted by atomic mass is 9.95. The molecule has 0 aliphatic rings. The largest absolute Gasteiger partial charge is 0.309 e. The third-order valence-electron chi connectivity index (χ3n) is 7.75. The zero-order valence-corrected chi connectivity index (χ0v) is 22.7. The predicted molar refractivity (Wildman–Crippen MR) is 186 cm³/mol. The van der Waals surface area contributed by atoms with Gasteiger partial charge in [0, 0.05) is 38.4 Å². The van der Waals surface area contributed by atoms with Crippen molar-refractivity contribution >= 4 is 43.6 Å². The zero-order chi connectivity index (χ0) is 43.8. The molecule has 0 amide bonds. The van der Waals surface area contributed by atoms with Gasteiger partial charge in [0.25, 0.3) is 0 Å². The lowest BCUT2D eigenvalue weighted by molar-refractivity contribution is 1.17. The molecule has 0 atom stereocenters. The zero-order valence-electron chi connectivity index (χ0n) is 39.7. The van der Waals surface area contributed by atoms with Crippen molar-refractivity contribution < 1.29 is 23.3 Å². The minimum Gasteiger partial charge on any atom is -0.309 e. The van der Waals surface area contributed by atoms with Crippen molar-refractivity contribution in [1.29, 1.82) is 0 Å². The van der Waals surface area contributed by atoms with E-state index in [1.54, 1.807) is 28.8 Å². The smallest absolute Gasteiger partial charge is 0.0652 e. The minimum absolute atomic E-state index is 0.0777. The number of hydrogen-bond acceptors (Lipinski definition) is 0. The molecule has 0 unspecified atom stereocenters. The third-order valence-corrected chi connectivity index (χ3v) is 7.75. The summed E-state index contributed by atoms with van der Waals surface area (Å²) in [6, 6.07) is 7.46. The van der Waals surface area contributed by atoms with E-state index in [0.29, 0.717) is 11.0 Å². The van der Waals surface area contributed by atoms with Gasteiger partial charge in [-0.05, 0) is 47.4 Å². The summed E-state index contributed by atoms with van der Waals surface area (Å²) in [5.41, 5.74) is -1.05. The highest BCUT2D eigenvalue weighted by Crippen LogP contribution is 2.42. The van der Waals surface area contributed by atoms with Crippen LogP contribution >= 0.6 is 0 Å². The average Bonchev–Trinajstić information content (AvgIpc) is 3.78. The standard InChI is InChI=1S/C42H28N2/c1-3-14-29(15-4-1)32-21-13-22-33(30-16-5-2-6-17-30)42(32)44-40-25-12-9-20-36(40)37-28-31(26-27-41(37)44)43-38-23-10-7-18-34(38)35-19-8-11-24-39(35)43/h1-28H/i1D,2D,3D,4D,5D,6D,9D,12D,14D,15D,16D,17D,20D,25D,26D,27D,28D. The minimum atomic E-state index is -0.724. The number of fused-ring (bicyclic) bond motifs is 6. The van der Waals surface area contributed by atoms with Crippen LogP contribution in [-0.2, 0) is 0 Å². The molecule has 9 rings (SSSR count). The van der Waals surface area contributed by atoms with Gasteiger partial charge in [-0.15, -0.1) is 0 Å². The van der Waals surface area contributed by atoms with Crippen LogP contribution in [0, 0.1) is 0 Å². The van der Waals surface area contributed by atoms with Gasteiger partial charge < -0.3 is 9.13 Å². The Bertz CT molecular complexity index is 3260. The van der Waals surface area contributed by atoms with E-state index in [0.717, 1.165) is 15.3 Å². The molecule has 2 aromatic heterocycles. The lowest BCUT2D eigenvalue weighted by Crippen LogP contribution is -2.01. The van der Waals surface area contributed by atoms with E-state index in [4.69, 9.17) is 16.4 Å². The maximum absolute atomic E-state index is 9.93. The molecule has 0 saturated heterocycles. The highest BCUT2D eigenvalue weighted by molar-refractivity contribution is 6.13. The topological polar surface area (TPSA) is 9.86 Å². The fourth-order valence-corrected chi connectivity index (χ4v) is 5.96. The van der Waals surface area contributed by atoms with Gasteiger partial charge in [-0.25, -0.2) is 0 Å². The van der Waals surface area contributed by atoms with Crippen molar-refractivity contribution in [2.24, 2.45) is 0 Å². The van der Waals surface area contributed by atoms with E-state index in [-0.39, 0.29) is 44.3 Å². The normalized spacial score (nSPS) is 17.0. The van der Waals surface area contributed by atoms with Crippen LogP contribution in [0.4, 0.5) is 0 Å². The Morgan fingerprint density at radius 3 is 1.57 bits per heavy atom. The predicted octanol–water partition coefficient (Wildman–Crippen LogP) is 11.2. The van der Waals surface area contributed by atoms with Gasteiger partial charge >= 0.3 is 0 Å². The Hall–Kier alpha value is -5.86. The van der Waals surface area contributed by atoms with Crippen molar-refractivity contribution in [2.75, 3.05) is 0 Å². The molecular formula is C42H28N2. The van der Waals surface area contributed by atoms with Crippen LogP contribution in [0.1, 0.15) is 23.3 Å². The molecule has 0 bridgehead atoms. The number of rotatable bonds is 4. The highest BCUT2D eigenvalue weighted by atomic mass is 15.0. The molecule has 206 valence electrons. The summed E-state index contributed by atoms with van der Waals surface area (Å²) in [6.07, 6.45) is 0. The first-order valence-corrected chi connectivity index (χ1v) is 13.7. The van der Waals surface area contributed by atoms with Crippen LogP contribution in [-0.4, -0.2) is 9.13 Å². The van der Waals surface area contributed by atoms with Crippen LogP contribution < -0.4 is 0 Å². The quantitative estimate of drug-likeness (QED) is 0.197. The molecule has 0 spiro atoms. The monoisotopic (exact) mass is 577 g/mol. The summed E-state index contributed by atoms with van der Waals surface area (Å²) < 4.78 is 155. The fraction of sp³-hybridized carbons (Fsp3) is 0. The Labute approximate surface area is 279 Å². The Kier molecular flexibility index (Phi) is 2.96. The van der Waals surface area contributed by atoms with Crippen molar-refractivity contribution in [3.63, 3.8) is 0 Å². The number of benzene rings is 7. The van der Waals surface area contributed by atoms with Gasteiger partial charge in [-0.2, -0.15) is 0 Å². The fourth-order valence-electron chi connectivity index (χ4n) is 5.96. The molecule has 0 N–H and O–H groups in total. The molecule has 0 aliphatic heterocycles. The van der Waals surface area contributed by atoms with Crippen molar-refractivity contribution in [3.05, 3.63) is 169 Å². The van der Waals surface area contributed by atoms with Crippen LogP contribution in [0.3, 0.4) is 0 Å². The highest BCUT2D eigenvalue weighted by Gasteiger charge is 2.20. The first kappa shape index (κ1) is 13.2. The van der Waals surface area contributed by atoms with E-state index in [2.05, 4.69) is 0 Å². The van der Waals surface area contributed by atoms with Crippen LogP contribution in [0.5, 0.6) is 0 Å². The first-order chi connectivity index (χ1) is 28.9. The van der Waals surface area contributed by atoms with Gasteiger partial charge in [0.05, 0.1) is 51.1 Å². The maximum atomic E-state index is 9.93. The van der Waals surface area contributed by atoms with Crippen molar-refractivity contribution in [1.82, 2.24) is 9.13 Å². The molecule has 2 nitrogen and oxygen atoms in total. The van der Waals surface area contributed by atoms with E-state index >= 15 is 0 Å². The molecule has 0 aliphatic carbocycles. The van der Waals surface area contributed by atoms with Gasteiger partial charge in [0.2, 0.25) is 0 Å². The Morgan fingerprint density at radius 1 is 0.386 bits per heavy atom. The summed E-state index contributed by atoms with van der Waals surface area (Å²) in [6.45, 7) is 0. The van der Waals surface area contributed by atoms with Crippen molar-refractivity contribution in [2.45, 2.75) is 0 Å². The molecule has 9 aromatic rings. The molecule has 7 aromatic carbocycles. The molecule has 2 heteroatoms. The Morgan fingerprint density at radius 2 is 0.932 bits per heavy atom. The molecule has 0 saturated carbocycles. The van der Waals surface area contributed by atoms with Gasteiger partial charge in [-0.3, -0.25) is 0 Å². The molecule has 44 heavy (non-hydrogen) atoms. The van der Waals surface area contributed by atoms with Gasteiger partial charge in [0.15, 0.2) is 0 Å². The molecule has 0 fully saturated rings. The van der Waals surface area contributed by atoms with Crippen LogP contribution in [0.15, 0.2) is 169 Å². The van der Waals surface area contributed by atoms with Gasteiger partial charge in [-0.1, -0.05) is 133 Å². The van der Waals surface area contributed by atoms with Crippen molar-refractivity contribution in [3.8, 4) is 33.6 Å². The average molecular weight is 578 g/mol. The number of aromatic nitrogens is 2. The summed E-state index contributed by atoms with van der Waals surface area (Å²) >= 11 is 0. The third kappa shape index (κ3) is 3.68. The summed E-state index contributed by atoms with van der Waals surface area (Å²) in [7, 11) is 0. The van der Waals surface area contributed by atoms with E-state index in [9.17, 15) is 6.85 Å². The second-order valence-electron chi connectivity index (χ2n) is 10.1. The maximum Gasteiger partial charge on any atom is 0.0652 e. The second-order valence-corrected chi connectivity index (χ2v) is 10.1. The second kappa shape index (κ2) is 9.86. The van der Waals surface area contributed by atoms with Gasteiger partial charge in [0.1, 0.15) is 0 Å². The lowest BCUT2D eigenvalue weighted by Gasteiger charge is -2.19. The molecular weight excluding hydrogens is 532 g/mol. The SMILES string of the molecule is [2H]c1c([2H])c([2H])c(-c2cccc(-c3c([2H])c([2H])c([2H])c([2H])c3[2H])c2-n2c3c([2H])c([2H])c([2H])c([2H])c3c3c([2H])c(-n4c5ccccc5c5ccccc54)c([2H])c([2H])c32)c([2H])c1[2H]. The Balaban J connectivity index is 1.59. The first-order valence-electron chi connectivity index (χ1n) is 22.2. The van der Waals surface area contributed by atoms with E-state index in [1.807, 2.05) is 24.3 Å². The van der Waals surface area contributed by atoms with E-state index < -0.39 is 114 Å². The molecule has 0 radical (unpaired) electrons. The summed E-state index contributed by atoms with van der Waals surface area (Å²) in [5, 5.41) is 1.12. The van der Waals surface area contributed by atoms with Crippen LogP contribution in [0.25, 0.3) is 77.2 Å². The van der Waals surface area contributed by atoms with Crippen LogP contribution in [0.2, 0.25) is 0 Å².